The maximum absolute atomic E-state index is 12.4. The molecule has 0 bridgehead atoms. The summed E-state index contributed by atoms with van der Waals surface area (Å²) in [5, 5.41) is 3.75. The van der Waals surface area contributed by atoms with E-state index in [-0.39, 0.29) is 17.9 Å². The fraction of sp³-hybridized carbons (Fsp3) is 0.200. The van der Waals surface area contributed by atoms with Crippen LogP contribution in [0.25, 0.3) is 10.9 Å². The number of carbonyl (C=O) groups is 1. The van der Waals surface area contributed by atoms with Gasteiger partial charge in [0.05, 0.1) is 26.3 Å². The Morgan fingerprint density at radius 1 is 1.08 bits per heavy atom. The van der Waals surface area contributed by atoms with Gasteiger partial charge in [-0.1, -0.05) is 6.07 Å². The van der Waals surface area contributed by atoms with E-state index in [1.165, 1.54) is 7.11 Å². The van der Waals surface area contributed by atoms with E-state index in [2.05, 4.69) is 10.3 Å². The molecule has 1 aromatic heterocycles. The van der Waals surface area contributed by atoms with Crippen LogP contribution in [-0.2, 0) is 11.2 Å². The molecule has 0 aliphatic rings. The number of carbonyl (C=O) groups excluding carboxylic acids is 1. The predicted molar refractivity (Wildman–Crippen MR) is 101 cm³/mol. The van der Waals surface area contributed by atoms with Crippen LogP contribution in [0.5, 0.6) is 11.5 Å². The zero-order chi connectivity index (χ0) is 18.7. The molecule has 3 rings (SSSR count). The molecule has 26 heavy (non-hydrogen) atoms. The summed E-state index contributed by atoms with van der Waals surface area (Å²) in [6.07, 6.45) is 0.212. The lowest BCUT2D eigenvalue weighted by Crippen LogP contribution is -2.15. The lowest BCUT2D eigenvalue weighted by atomic mass is 10.1. The van der Waals surface area contributed by atoms with Gasteiger partial charge in [-0.15, -0.1) is 0 Å². The molecule has 0 atom stereocenters. The quantitative estimate of drug-likeness (QED) is 0.740. The van der Waals surface area contributed by atoms with Crippen LogP contribution in [-0.4, -0.2) is 25.1 Å². The van der Waals surface area contributed by atoms with Crippen LogP contribution < -0.4 is 20.3 Å². The number of ether oxygens (including phenoxy) is 2. The van der Waals surface area contributed by atoms with Crippen LogP contribution in [0.3, 0.4) is 0 Å². The second kappa shape index (κ2) is 7.31. The Morgan fingerprint density at radius 2 is 1.88 bits per heavy atom. The van der Waals surface area contributed by atoms with Crippen molar-refractivity contribution >= 4 is 22.5 Å². The highest BCUT2D eigenvalue weighted by Crippen LogP contribution is 2.29. The first-order valence-electron chi connectivity index (χ1n) is 8.14. The zero-order valence-electron chi connectivity index (χ0n) is 14.9. The van der Waals surface area contributed by atoms with Crippen LogP contribution in [0.15, 0.2) is 47.3 Å². The summed E-state index contributed by atoms with van der Waals surface area (Å²) in [5.41, 5.74) is 2.73. The Bertz CT molecular complexity index is 1020. The minimum absolute atomic E-state index is 0.102. The van der Waals surface area contributed by atoms with E-state index in [1.807, 2.05) is 24.3 Å². The molecule has 2 aromatic carbocycles. The van der Waals surface area contributed by atoms with E-state index in [9.17, 15) is 9.59 Å². The molecule has 1 amide bonds. The normalized spacial score (nSPS) is 10.6. The molecule has 0 unspecified atom stereocenters. The van der Waals surface area contributed by atoms with Crippen molar-refractivity contribution in [2.75, 3.05) is 19.5 Å². The number of aromatic amines is 1. The minimum Gasteiger partial charge on any atom is -0.497 e. The summed E-state index contributed by atoms with van der Waals surface area (Å²) >= 11 is 0. The van der Waals surface area contributed by atoms with E-state index in [4.69, 9.17) is 9.47 Å². The van der Waals surface area contributed by atoms with Crippen molar-refractivity contribution in [1.82, 2.24) is 4.98 Å². The summed E-state index contributed by atoms with van der Waals surface area (Å²) in [4.78, 5) is 26.9. The van der Waals surface area contributed by atoms with Gasteiger partial charge in [-0.2, -0.15) is 0 Å². The van der Waals surface area contributed by atoms with Crippen molar-refractivity contribution < 1.29 is 14.3 Å². The molecule has 6 heteroatoms. The fourth-order valence-corrected chi connectivity index (χ4v) is 2.76. The lowest BCUT2D eigenvalue weighted by molar-refractivity contribution is -0.115. The summed E-state index contributed by atoms with van der Waals surface area (Å²) in [5.74, 6) is 1.03. The SMILES string of the molecule is COc1ccc(NC(=O)Cc2ccc3[nH]c(=O)c(C)cc3c2)c(OC)c1. The molecule has 2 N–H and O–H groups in total. The zero-order valence-corrected chi connectivity index (χ0v) is 14.9. The number of amides is 1. The number of H-pyrrole nitrogens is 1. The van der Waals surface area contributed by atoms with Crippen LogP contribution in [0, 0.1) is 6.92 Å². The maximum Gasteiger partial charge on any atom is 0.251 e. The Balaban J connectivity index is 1.79. The van der Waals surface area contributed by atoms with Crippen molar-refractivity contribution in [1.29, 1.82) is 0 Å². The number of aryl methyl sites for hydroxylation is 1. The van der Waals surface area contributed by atoms with Gasteiger partial charge in [-0.3, -0.25) is 9.59 Å². The van der Waals surface area contributed by atoms with Gasteiger partial charge in [0.2, 0.25) is 5.91 Å². The standard InChI is InChI=1S/C20H20N2O4/c1-12-8-14-9-13(4-6-16(14)22-20(12)24)10-19(23)21-17-7-5-15(25-2)11-18(17)26-3/h4-9,11H,10H2,1-3H3,(H,21,23)(H,22,24). The minimum atomic E-state index is -0.158. The van der Waals surface area contributed by atoms with Crippen LogP contribution >= 0.6 is 0 Å². The van der Waals surface area contributed by atoms with E-state index >= 15 is 0 Å². The first-order valence-corrected chi connectivity index (χ1v) is 8.14. The number of aromatic nitrogens is 1. The average Bonchev–Trinajstić information content (AvgIpc) is 2.63. The van der Waals surface area contributed by atoms with Crippen molar-refractivity contribution in [3.05, 3.63) is 63.9 Å². The summed E-state index contributed by atoms with van der Waals surface area (Å²) in [7, 11) is 3.11. The van der Waals surface area contributed by atoms with Crippen LogP contribution in [0.1, 0.15) is 11.1 Å². The number of pyridine rings is 1. The predicted octanol–water partition coefficient (Wildman–Crippen LogP) is 3.03. The summed E-state index contributed by atoms with van der Waals surface area (Å²) in [6, 6.07) is 12.6. The maximum atomic E-state index is 12.4. The molecule has 0 saturated heterocycles. The molecule has 6 nitrogen and oxygen atoms in total. The highest BCUT2D eigenvalue weighted by Gasteiger charge is 2.10. The molecule has 0 aliphatic carbocycles. The van der Waals surface area contributed by atoms with Gasteiger partial charge in [-0.25, -0.2) is 0 Å². The molecule has 1 heterocycles. The van der Waals surface area contributed by atoms with Crippen molar-refractivity contribution in [3.63, 3.8) is 0 Å². The highest BCUT2D eigenvalue weighted by molar-refractivity contribution is 5.94. The molecule has 134 valence electrons. The van der Waals surface area contributed by atoms with Crippen molar-refractivity contribution in [2.45, 2.75) is 13.3 Å². The highest BCUT2D eigenvalue weighted by atomic mass is 16.5. The summed E-state index contributed by atoms with van der Waals surface area (Å²) < 4.78 is 10.4. The topological polar surface area (TPSA) is 80.4 Å². The number of benzene rings is 2. The number of anilines is 1. The molecule has 0 aliphatic heterocycles. The van der Waals surface area contributed by atoms with Crippen molar-refractivity contribution in [2.24, 2.45) is 0 Å². The number of hydrogen-bond donors (Lipinski definition) is 2. The van der Waals surface area contributed by atoms with Gasteiger partial charge in [0.1, 0.15) is 11.5 Å². The fourth-order valence-electron chi connectivity index (χ4n) is 2.76. The third kappa shape index (κ3) is 3.69. The monoisotopic (exact) mass is 352 g/mol. The molecule has 0 fully saturated rings. The van der Waals surface area contributed by atoms with Crippen LogP contribution in [0.4, 0.5) is 5.69 Å². The second-order valence-electron chi connectivity index (χ2n) is 5.99. The Labute approximate surface area is 150 Å². The molecular weight excluding hydrogens is 332 g/mol. The lowest BCUT2D eigenvalue weighted by Gasteiger charge is -2.12. The molecule has 0 spiro atoms. The average molecular weight is 352 g/mol. The van der Waals surface area contributed by atoms with Gasteiger partial charge in [-0.05, 0) is 48.2 Å². The van der Waals surface area contributed by atoms with Crippen molar-refractivity contribution in [3.8, 4) is 11.5 Å². The second-order valence-corrected chi connectivity index (χ2v) is 5.99. The summed E-state index contributed by atoms with van der Waals surface area (Å²) in [6.45, 7) is 1.76. The first kappa shape index (κ1) is 17.5. The smallest absolute Gasteiger partial charge is 0.251 e. The van der Waals surface area contributed by atoms with Gasteiger partial charge in [0, 0.05) is 17.1 Å². The number of rotatable bonds is 5. The number of hydrogen-bond acceptors (Lipinski definition) is 4. The van der Waals surface area contributed by atoms with E-state index in [1.54, 1.807) is 32.2 Å². The molecule has 0 radical (unpaired) electrons. The number of nitrogens with one attached hydrogen (secondary N) is 2. The molecular formula is C20H20N2O4. The largest absolute Gasteiger partial charge is 0.497 e. The van der Waals surface area contributed by atoms with Gasteiger partial charge < -0.3 is 19.8 Å². The third-order valence-electron chi connectivity index (χ3n) is 4.14. The Hall–Kier alpha value is -3.28. The molecule has 0 saturated carbocycles. The van der Waals surface area contributed by atoms with Gasteiger partial charge >= 0.3 is 0 Å². The first-order chi connectivity index (χ1) is 12.5. The Kier molecular flexibility index (Phi) is 4.93. The van der Waals surface area contributed by atoms with Crippen LogP contribution in [0.2, 0.25) is 0 Å². The van der Waals surface area contributed by atoms with E-state index < -0.39 is 0 Å². The van der Waals surface area contributed by atoms with Gasteiger partial charge in [0.15, 0.2) is 0 Å². The van der Waals surface area contributed by atoms with E-state index in [0.29, 0.717) is 22.7 Å². The number of methoxy groups -OCH3 is 2. The van der Waals surface area contributed by atoms with Gasteiger partial charge in [0.25, 0.3) is 5.56 Å². The third-order valence-corrected chi connectivity index (χ3v) is 4.14. The Morgan fingerprint density at radius 3 is 2.62 bits per heavy atom. The molecule has 3 aromatic rings. The number of fused-ring (bicyclic) bond motifs is 1. The van der Waals surface area contributed by atoms with E-state index in [0.717, 1.165) is 16.5 Å².